The van der Waals surface area contributed by atoms with E-state index in [1.54, 1.807) is 22.1 Å². The molecule has 0 fully saturated rings. The van der Waals surface area contributed by atoms with Gasteiger partial charge in [0.2, 0.25) is 0 Å². The highest BCUT2D eigenvalue weighted by Crippen LogP contribution is 2.30. The van der Waals surface area contributed by atoms with Crippen LogP contribution in [0, 0.1) is 0 Å². The van der Waals surface area contributed by atoms with Gasteiger partial charge in [0.05, 0.1) is 12.2 Å². The molecule has 0 bridgehead atoms. The van der Waals surface area contributed by atoms with E-state index in [-0.39, 0.29) is 12.5 Å². The number of furan rings is 1. The molecule has 5 aromatic rings. The van der Waals surface area contributed by atoms with Gasteiger partial charge < -0.3 is 14.5 Å². The van der Waals surface area contributed by atoms with E-state index in [0.29, 0.717) is 23.6 Å². The molecule has 1 N–H and O–H groups in total. The van der Waals surface area contributed by atoms with Crippen LogP contribution in [0.2, 0.25) is 0 Å². The predicted octanol–water partition coefficient (Wildman–Crippen LogP) is 5.22. The Hall–Kier alpha value is -4.43. The van der Waals surface area contributed by atoms with Crippen molar-refractivity contribution in [3.8, 4) is 17.1 Å². The molecule has 0 atom stereocenters. The van der Waals surface area contributed by atoms with E-state index < -0.39 is 5.97 Å². The third-order valence-corrected chi connectivity index (χ3v) is 6.08. The van der Waals surface area contributed by atoms with Gasteiger partial charge in [-0.3, -0.25) is 4.79 Å². The van der Waals surface area contributed by atoms with Gasteiger partial charge in [0.25, 0.3) is 5.91 Å². The van der Waals surface area contributed by atoms with E-state index in [1.165, 1.54) is 6.08 Å². The van der Waals surface area contributed by atoms with Gasteiger partial charge in [0.1, 0.15) is 11.3 Å². The zero-order chi connectivity index (χ0) is 24.0. The Morgan fingerprint density at radius 2 is 1.89 bits per heavy atom. The quantitative estimate of drug-likeness (QED) is 0.242. The minimum Gasteiger partial charge on any atom is -0.454 e. The minimum atomic E-state index is -0.626. The highest BCUT2D eigenvalue weighted by molar-refractivity contribution is 7.09. The van der Waals surface area contributed by atoms with Crippen molar-refractivity contribution in [1.29, 1.82) is 0 Å². The normalized spacial score (nSPS) is 11.2. The van der Waals surface area contributed by atoms with Crippen LogP contribution in [0.3, 0.4) is 0 Å². The van der Waals surface area contributed by atoms with Crippen LogP contribution in [0.15, 0.2) is 94.9 Å². The monoisotopic (exact) mass is 483 g/mol. The number of fused-ring (bicyclic) bond motifs is 1. The first-order valence-electron chi connectivity index (χ1n) is 10.9. The van der Waals surface area contributed by atoms with Gasteiger partial charge in [0.15, 0.2) is 12.4 Å². The fraction of sp³-hybridized carbons (Fsp3) is 0.0741. The lowest BCUT2D eigenvalue weighted by Gasteiger charge is -2.03. The van der Waals surface area contributed by atoms with Crippen LogP contribution >= 0.6 is 11.3 Å². The first-order chi connectivity index (χ1) is 17.2. The minimum absolute atomic E-state index is 0.353. The number of nitrogens with one attached hydrogen (secondary N) is 1. The number of carbonyl (C=O) groups is 2. The smallest absolute Gasteiger partial charge is 0.331 e. The fourth-order valence-electron chi connectivity index (χ4n) is 3.50. The largest absolute Gasteiger partial charge is 0.454 e. The van der Waals surface area contributed by atoms with Crippen molar-refractivity contribution in [2.45, 2.75) is 6.54 Å². The summed E-state index contributed by atoms with van der Waals surface area (Å²) in [5.74, 6) is -0.402. The Kier molecular flexibility index (Phi) is 6.54. The highest BCUT2D eigenvalue weighted by atomic mass is 32.1. The third kappa shape index (κ3) is 5.39. The Bertz CT molecular complexity index is 1450. The molecule has 0 aliphatic rings. The van der Waals surface area contributed by atoms with E-state index in [9.17, 15) is 9.59 Å². The summed E-state index contributed by atoms with van der Waals surface area (Å²) in [6, 6.07) is 23.1. The zero-order valence-electron chi connectivity index (χ0n) is 18.6. The number of para-hydroxylation sites is 2. The number of hydrogen-bond donors (Lipinski definition) is 1. The second-order valence-electron chi connectivity index (χ2n) is 7.66. The second kappa shape index (κ2) is 10.2. The number of hydrogen-bond acceptors (Lipinski definition) is 6. The fourth-order valence-corrected chi connectivity index (χ4v) is 4.15. The number of benzene rings is 2. The van der Waals surface area contributed by atoms with Crippen molar-refractivity contribution in [3.05, 3.63) is 101 Å². The van der Waals surface area contributed by atoms with Crippen LogP contribution in [0.4, 0.5) is 0 Å². The molecule has 3 aromatic heterocycles. The summed E-state index contributed by atoms with van der Waals surface area (Å²) < 4.78 is 12.8. The summed E-state index contributed by atoms with van der Waals surface area (Å²) in [7, 11) is 0. The van der Waals surface area contributed by atoms with Crippen LogP contribution < -0.4 is 5.32 Å². The Labute approximate surface area is 205 Å². The topological polar surface area (TPSA) is 86.4 Å². The van der Waals surface area contributed by atoms with Crippen molar-refractivity contribution < 1.29 is 18.7 Å². The number of carbonyl (C=O) groups excluding carboxylic acids is 2. The molecule has 0 unspecified atom stereocenters. The van der Waals surface area contributed by atoms with Gasteiger partial charge in [0, 0.05) is 28.1 Å². The summed E-state index contributed by atoms with van der Waals surface area (Å²) in [4.78, 5) is 25.3. The lowest BCUT2D eigenvalue weighted by molar-refractivity contribution is -0.143. The van der Waals surface area contributed by atoms with Crippen molar-refractivity contribution in [3.63, 3.8) is 0 Å². The first kappa shape index (κ1) is 22.4. The summed E-state index contributed by atoms with van der Waals surface area (Å²) >= 11 is 1.55. The average Bonchev–Trinajstić information content (AvgIpc) is 3.64. The van der Waals surface area contributed by atoms with Crippen LogP contribution in [0.25, 0.3) is 34.2 Å². The number of rotatable bonds is 8. The molecule has 2 aromatic carbocycles. The number of thiophene rings is 1. The molecule has 7 nitrogen and oxygen atoms in total. The average molecular weight is 484 g/mol. The standard InChI is InChI=1S/C27H21N3O4S/c31-25(28-16-22-10-6-14-35-22)18-33-26(32)13-12-20-17-30(21-8-2-1-3-9-21)29-27(20)24-15-19-7-4-5-11-23(19)34-24/h1-15,17H,16,18H2,(H,28,31). The molecule has 3 heterocycles. The van der Waals surface area contributed by atoms with E-state index >= 15 is 0 Å². The summed E-state index contributed by atoms with van der Waals surface area (Å²) in [5, 5.41) is 10.3. The molecule has 0 radical (unpaired) electrons. The third-order valence-electron chi connectivity index (χ3n) is 5.21. The molecule has 0 aliphatic carbocycles. The van der Waals surface area contributed by atoms with Gasteiger partial charge in [-0.05, 0) is 41.8 Å². The number of esters is 1. The van der Waals surface area contributed by atoms with E-state index in [2.05, 4.69) is 5.32 Å². The van der Waals surface area contributed by atoms with Gasteiger partial charge in [-0.25, -0.2) is 9.48 Å². The van der Waals surface area contributed by atoms with E-state index in [0.717, 1.165) is 21.5 Å². The van der Waals surface area contributed by atoms with Crippen LogP contribution in [0.1, 0.15) is 10.4 Å². The molecule has 8 heteroatoms. The van der Waals surface area contributed by atoms with Crippen molar-refractivity contribution in [1.82, 2.24) is 15.1 Å². The predicted molar refractivity (Wildman–Crippen MR) is 135 cm³/mol. The number of ether oxygens (including phenoxy) is 1. The maximum atomic E-state index is 12.3. The van der Waals surface area contributed by atoms with E-state index in [4.69, 9.17) is 14.3 Å². The number of aromatic nitrogens is 2. The van der Waals surface area contributed by atoms with Crippen LogP contribution in [-0.2, 0) is 20.9 Å². The van der Waals surface area contributed by atoms with E-state index in [1.807, 2.05) is 84.4 Å². The molecule has 1 amide bonds. The molecule has 35 heavy (non-hydrogen) atoms. The van der Waals surface area contributed by atoms with Gasteiger partial charge in [-0.1, -0.05) is 42.5 Å². The molecule has 5 rings (SSSR count). The van der Waals surface area contributed by atoms with Crippen molar-refractivity contribution in [2.24, 2.45) is 0 Å². The molecule has 174 valence electrons. The molecule has 0 aliphatic heterocycles. The first-order valence-corrected chi connectivity index (χ1v) is 11.8. The molecular formula is C27H21N3O4S. The molecule has 0 spiro atoms. The number of amides is 1. The maximum absolute atomic E-state index is 12.3. The Morgan fingerprint density at radius 1 is 1.06 bits per heavy atom. The van der Waals surface area contributed by atoms with Gasteiger partial charge >= 0.3 is 5.97 Å². The molecule has 0 saturated heterocycles. The van der Waals surface area contributed by atoms with Gasteiger partial charge in [-0.2, -0.15) is 5.10 Å². The Balaban J connectivity index is 1.32. The summed E-state index contributed by atoms with van der Waals surface area (Å²) in [6.45, 7) is 0.0533. The molecule has 0 saturated carbocycles. The zero-order valence-corrected chi connectivity index (χ0v) is 19.4. The second-order valence-corrected chi connectivity index (χ2v) is 8.69. The number of nitrogens with zero attached hydrogens (tertiary/aromatic N) is 2. The lowest BCUT2D eigenvalue weighted by atomic mass is 10.2. The van der Waals surface area contributed by atoms with Crippen molar-refractivity contribution in [2.75, 3.05) is 6.61 Å². The highest BCUT2D eigenvalue weighted by Gasteiger charge is 2.15. The van der Waals surface area contributed by atoms with Crippen molar-refractivity contribution >= 4 is 40.3 Å². The molecular weight excluding hydrogens is 462 g/mol. The summed E-state index contributed by atoms with van der Waals surface area (Å²) in [6.07, 6.45) is 4.71. The van der Waals surface area contributed by atoms with Gasteiger partial charge in [-0.15, -0.1) is 11.3 Å². The SMILES string of the molecule is O=C(COC(=O)C=Cc1cn(-c2ccccc2)nc1-c1cc2ccccc2o1)NCc1cccs1. The Morgan fingerprint density at radius 3 is 2.69 bits per heavy atom. The van der Waals surface area contributed by atoms with Crippen LogP contribution in [0.5, 0.6) is 0 Å². The lowest BCUT2D eigenvalue weighted by Crippen LogP contribution is -2.27. The van der Waals surface area contributed by atoms with Crippen LogP contribution in [-0.4, -0.2) is 28.3 Å². The summed E-state index contributed by atoms with van der Waals surface area (Å²) in [5.41, 5.74) is 2.88. The maximum Gasteiger partial charge on any atom is 0.331 e.